The summed E-state index contributed by atoms with van der Waals surface area (Å²) in [6.07, 6.45) is 7.52. The van der Waals surface area contributed by atoms with E-state index in [0.29, 0.717) is 0 Å². The van der Waals surface area contributed by atoms with E-state index in [0.717, 1.165) is 47.2 Å². The van der Waals surface area contributed by atoms with Gasteiger partial charge < -0.3 is 10.3 Å². The van der Waals surface area contributed by atoms with Crippen LogP contribution in [0.2, 0.25) is 0 Å². The Kier molecular flexibility index (Phi) is 3.14. The lowest BCUT2D eigenvalue weighted by atomic mass is 9.98. The molecule has 0 saturated carbocycles. The number of H-pyrrole nitrogens is 1. The van der Waals surface area contributed by atoms with Crippen LogP contribution in [0, 0.1) is 0 Å². The maximum atomic E-state index is 4.37. The van der Waals surface area contributed by atoms with Crippen molar-refractivity contribution in [1.82, 2.24) is 25.3 Å². The lowest BCUT2D eigenvalue weighted by Gasteiger charge is -2.15. The molecule has 28 heavy (non-hydrogen) atoms. The summed E-state index contributed by atoms with van der Waals surface area (Å²) < 4.78 is 1.91. The molecule has 2 N–H and O–H groups in total. The van der Waals surface area contributed by atoms with Crippen LogP contribution >= 0.6 is 0 Å². The van der Waals surface area contributed by atoms with Crippen LogP contribution in [0.15, 0.2) is 72.6 Å². The largest absolute Gasteiger partial charge is 0.359 e. The summed E-state index contributed by atoms with van der Waals surface area (Å²) >= 11 is 0. The maximum Gasteiger partial charge on any atom is 0.113 e. The first-order chi connectivity index (χ1) is 13.8. The standard InChI is InChI=1S/C23H19N5/c1-14-12-18-17-13-15(28-22-9-5-4-8-21(22)26-27-28)10-11-20(17)25-23(18)16-6-2-3-7-19(16)24-14/h4-11,13,24-25H,1-3,12H2. The zero-order valence-electron chi connectivity index (χ0n) is 15.4. The number of fused-ring (bicyclic) bond motifs is 6. The SMILES string of the molecule is C=C1Cc2c([nH]c3ccc(-n4nnc5ccccc54)cc23)C2=CCCC=C2N1. The number of aromatic amines is 1. The molecule has 0 amide bonds. The van der Waals surface area contributed by atoms with Gasteiger partial charge in [0.15, 0.2) is 0 Å². The second kappa shape index (κ2) is 5.70. The molecule has 0 spiro atoms. The fourth-order valence-corrected chi connectivity index (χ4v) is 4.32. The van der Waals surface area contributed by atoms with Crippen molar-refractivity contribution in [3.63, 3.8) is 0 Å². The van der Waals surface area contributed by atoms with Crippen molar-refractivity contribution in [3.05, 3.63) is 83.8 Å². The number of para-hydroxylation sites is 1. The van der Waals surface area contributed by atoms with Crippen molar-refractivity contribution in [1.29, 1.82) is 0 Å². The number of hydrogen-bond donors (Lipinski definition) is 2. The Bertz CT molecular complexity index is 1330. The van der Waals surface area contributed by atoms with Crippen molar-refractivity contribution in [2.45, 2.75) is 19.3 Å². The fraction of sp³-hybridized carbons (Fsp3) is 0.130. The minimum Gasteiger partial charge on any atom is -0.359 e. The number of nitrogens with one attached hydrogen (secondary N) is 2. The van der Waals surface area contributed by atoms with Gasteiger partial charge in [0.1, 0.15) is 5.52 Å². The highest BCUT2D eigenvalue weighted by atomic mass is 15.4. The lowest BCUT2D eigenvalue weighted by Crippen LogP contribution is -2.13. The first kappa shape index (κ1) is 15.5. The van der Waals surface area contributed by atoms with Crippen LogP contribution in [-0.4, -0.2) is 20.0 Å². The van der Waals surface area contributed by atoms with Gasteiger partial charge in [0.25, 0.3) is 0 Å². The Morgan fingerprint density at radius 2 is 1.93 bits per heavy atom. The molecular weight excluding hydrogens is 346 g/mol. The summed E-state index contributed by atoms with van der Waals surface area (Å²) in [5.41, 5.74) is 9.99. The Labute approximate surface area is 162 Å². The van der Waals surface area contributed by atoms with Gasteiger partial charge in [0.2, 0.25) is 0 Å². The molecule has 0 saturated heterocycles. The number of rotatable bonds is 1. The normalized spacial score (nSPS) is 16.2. The predicted molar refractivity (Wildman–Crippen MR) is 112 cm³/mol. The lowest BCUT2D eigenvalue weighted by molar-refractivity contribution is 0.825. The van der Waals surface area contributed by atoms with Gasteiger partial charge >= 0.3 is 0 Å². The highest BCUT2D eigenvalue weighted by molar-refractivity contribution is 5.94. The number of allylic oxidation sites excluding steroid dienone is 4. The van der Waals surface area contributed by atoms with Gasteiger partial charge in [0.05, 0.1) is 16.9 Å². The van der Waals surface area contributed by atoms with E-state index in [1.165, 1.54) is 27.9 Å². The van der Waals surface area contributed by atoms with Gasteiger partial charge in [-0.25, -0.2) is 4.68 Å². The number of benzene rings is 2. The van der Waals surface area contributed by atoms with Crippen LogP contribution in [0.25, 0.3) is 33.2 Å². The van der Waals surface area contributed by atoms with Gasteiger partial charge in [-0.15, -0.1) is 5.10 Å². The Hall–Kier alpha value is -3.60. The first-order valence-corrected chi connectivity index (χ1v) is 9.59. The highest BCUT2D eigenvalue weighted by Crippen LogP contribution is 2.37. The number of hydrogen-bond acceptors (Lipinski definition) is 3. The van der Waals surface area contributed by atoms with E-state index in [-0.39, 0.29) is 0 Å². The van der Waals surface area contributed by atoms with E-state index in [9.17, 15) is 0 Å². The fourth-order valence-electron chi connectivity index (χ4n) is 4.32. The van der Waals surface area contributed by atoms with E-state index in [4.69, 9.17) is 0 Å². The third kappa shape index (κ3) is 2.19. The van der Waals surface area contributed by atoms with Crippen LogP contribution in [0.5, 0.6) is 0 Å². The maximum absolute atomic E-state index is 4.37. The molecule has 0 atom stereocenters. The Morgan fingerprint density at radius 3 is 2.89 bits per heavy atom. The molecule has 5 nitrogen and oxygen atoms in total. The van der Waals surface area contributed by atoms with E-state index in [2.05, 4.69) is 57.5 Å². The van der Waals surface area contributed by atoms with Gasteiger partial charge in [-0.2, -0.15) is 0 Å². The minimum atomic E-state index is 0.797. The average molecular weight is 365 g/mol. The van der Waals surface area contributed by atoms with Gasteiger partial charge in [-0.1, -0.05) is 36.1 Å². The molecule has 0 radical (unpaired) electrons. The molecule has 2 aromatic heterocycles. The highest BCUT2D eigenvalue weighted by Gasteiger charge is 2.24. The second-order valence-electron chi connectivity index (χ2n) is 7.42. The smallest absolute Gasteiger partial charge is 0.113 e. The summed E-state index contributed by atoms with van der Waals surface area (Å²) in [4.78, 5) is 3.65. The Balaban J connectivity index is 1.58. The molecule has 2 aliphatic rings. The van der Waals surface area contributed by atoms with Gasteiger partial charge in [-0.05, 0) is 48.7 Å². The van der Waals surface area contributed by atoms with Gasteiger partial charge in [-0.3, -0.25) is 0 Å². The molecule has 4 aromatic rings. The quantitative estimate of drug-likeness (QED) is 0.517. The molecular formula is C23H19N5. The van der Waals surface area contributed by atoms with Crippen molar-refractivity contribution < 1.29 is 0 Å². The molecule has 2 aromatic carbocycles. The van der Waals surface area contributed by atoms with E-state index < -0.39 is 0 Å². The van der Waals surface area contributed by atoms with E-state index >= 15 is 0 Å². The second-order valence-corrected chi connectivity index (χ2v) is 7.42. The summed E-state index contributed by atoms with van der Waals surface area (Å²) in [6.45, 7) is 4.24. The first-order valence-electron chi connectivity index (χ1n) is 9.59. The summed E-state index contributed by atoms with van der Waals surface area (Å²) in [7, 11) is 0. The van der Waals surface area contributed by atoms with Crippen molar-refractivity contribution >= 4 is 27.5 Å². The molecule has 1 aliphatic heterocycles. The third-order valence-corrected chi connectivity index (χ3v) is 5.61. The van der Waals surface area contributed by atoms with Crippen LogP contribution in [0.1, 0.15) is 24.1 Å². The monoisotopic (exact) mass is 365 g/mol. The summed E-state index contributed by atoms with van der Waals surface area (Å²) in [6, 6.07) is 14.5. The topological polar surface area (TPSA) is 58.5 Å². The third-order valence-electron chi connectivity index (χ3n) is 5.61. The van der Waals surface area contributed by atoms with Crippen LogP contribution < -0.4 is 5.32 Å². The zero-order valence-corrected chi connectivity index (χ0v) is 15.4. The molecule has 1 aliphatic carbocycles. The van der Waals surface area contributed by atoms with Crippen LogP contribution in [0.4, 0.5) is 0 Å². The molecule has 0 bridgehead atoms. The molecule has 5 heteroatoms. The van der Waals surface area contributed by atoms with Crippen LogP contribution in [-0.2, 0) is 6.42 Å². The summed E-state index contributed by atoms with van der Waals surface area (Å²) in [5.74, 6) is 0. The van der Waals surface area contributed by atoms with Crippen molar-refractivity contribution in [2.75, 3.05) is 0 Å². The van der Waals surface area contributed by atoms with Gasteiger partial charge in [0, 0.05) is 34.3 Å². The van der Waals surface area contributed by atoms with E-state index in [1.54, 1.807) is 0 Å². The predicted octanol–water partition coefficient (Wildman–Crippen LogP) is 4.62. The van der Waals surface area contributed by atoms with Crippen molar-refractivity contribution in [3.8, 4) is 5.69 Å². The Morgan fingerprint density at radius 1 is 1.04 bits per heavy atom. The minimum absolute atomic E-state index is 0.797. The molecule has 3 heterocycles. The molecule has 136 valence electrons. The van der Waals surface area contributed by atoms with Crippen LogP contribution in [0.3, 0.4) is 0 Å². The van der Waals surface area contributed by atoms with Crippen molar-refractivity contribution in [2.24, 2.45) is 0 Å². The van der Waals surface area contributed by atoms with E-state index in [1.807, 2.05) is 28.9 Å². The average Bonchev–Trinajstić information content (AvgIpc) is 3.26. The molecule has 0 unspecified atom stereocenters. The summed E-state index contributed by atoms with van der Waals surface area (Å²) in [5, 5.41) is 13.4. The molecule has 6 rings (SSSR count). The molecule has 0 fully saturated rings. The number of nitrogens with zero attached hydrogens (tertiary/aromatic N) is 3. The zero-order chi connectivity index (χ0) is 18.7. The number of aromatic nitrogens is 4.